The Morgan fingerprint density at radius 3 is 2.15 bits per heavy atom. The maximum Gasteiger partial charge on any atom is 0.120 e. The van der Waals surface area contributed by atoms with E-state index in [1.807, 2.05) is 6.07 Å². The summed E-state index contributed by atoms with van der Waals surface area (Å²) in [5.74, 6) is 0.918. The van der Waals surface area contributed by atoms with E-state index in [2.05, 4.69) is 66.7 Å². The molecule has 2 unspecified atom stereocenters. The highest BCUT2D eigenvalue weighted by Crippen LogP contribution is 2.30. The van der Waals surface area contributed by atoms with Gasteiger partial charge in [-0.1, -0.05) is 60.6 Å². The molecule has 2 nitrogen and oxygen atoms in total. The second-order valence-corrected chi connectivity index (χ2v) is 7.75. The van der Waals surface area contributed by atoms with Gasteiger partial charge in [0.05, 0.1) is 0 Å². The SMILES string of the molecule is CCC(N)C(Oc1cccc(C(C)(C)C)c1)C(C)(C)C. The van der Waals surface area contributed by atoms with Gasteiger partial charge in [0.2, 0.25) is 0 Å². The van der Waals surface area contributed by atoms with Gasteiger partial charge in [-0.2, -0.15) is 0 Å². The second kappa shape index (κ2) is 6.17. The van der Waals surface area contributed by atoms with Crippen LogP contribution in [0, 0.1) is 5.41 Å². The summed E-state index contributed by atoms with van der Waals surface area (Å²) < 4.78 is 6.24. The van der Waals surface area contributed by atoms with E-state index in [1.54, 1.807) is 0 Å². The first kappa shape index (κ1) is 17.0. The molecule has 0 radical (unpaired) electrons. The quantitative estimate of drug-likeness (QED) is 0.878. The minimum Gasteiger partial charge on any atom is -0.488 e. The van der Waals surface area contributed by atoms with Crippen molar-refractivity contribution in [2.24, 2.45) is 11.1 Å². The third-order valence-corrected chi connectivity index (χ3v) is 3.68. The fourth-order valence-electron chi connectivity index (χ4n) is 2.30. The lowest BCUT2D eigenvalue weighted by atomic mass is 9.83. The van der Waals surface area contributed by atoms with Crippen LogP contribution in [0.15, 0.2) is 24.3 Å². The molecule has 0 aromatic heterocycles. The van der Waals surface area contributed by atoms with Crippen molar-refractivity contribution in [3.8, 4) is 5.75 Å². The van der Waals surface area contributed by atoms with E-state index in [1.165, 1.54) is 5.56 Å². The van der Waals surface area contributed by atoms with Gasteiger partial charge in [0.25, 0.3) is 0 Å². The van der Waals surface area contributed by atoms with E-state index in [4.69, 9.17) is 10.5 Å². The number of benzene rings is 1. The Kier molecular flexibility index (Phi) is 5.26. The smallest absolute Gasteiger partial charge is 0.120 e. The molecule has 0 spiro atoms. The van der Waals surface area contributed by atoms with Gasteiger partial charge in [0.15, 0.2) is 0 Å². The summed E-state index contributed by atoms with van der Waals surface area (Å²) in [6, 6.07) is 8.43. The highest BCUT2D eigenvalue weighted by molar-refractivity contribution is 5.33. The van der Waals surface area contributed by atoms with Crippen LogP contribution >= 0.6 is 0 Å². The zero-order valence-corrected chi connectivity index (χ0v) is 14.2. The topological polar surface area (TPSA) is 35.2 Å². The Hall–Kier alpha value is -1.02. The predicted molar refractivity (Wildman–Crippen MR) is 87.3 cm³/mol. The molecular weight excluding hydrogens is 246 g/mol. The molecule has 0 saturated heterocycles. The number of hydrogen-bond donors (Lipinski definition) is 1. The predicted octanol–water partition coefficient (Wildman–Crippen LogP) is 4.51. The summed E-state index contributed by atoms with van der Waals surface area (Å²) in [6.07, 6.45) is 0.934. The first-order valence-electron chi connectivity index (χ1n) is 7.58. The van der Waals surface area contributed by atoms with Crippen molar-refractivity contribution >= 4 is 0 Å². The third-order valence-electron chi connectivity index (χ3n) is 3.68. The van der Waals surface area contributed by atoms with Crippen LogP contribution < -0.4 is 10.5 Å². The summed E-state index contributed by atoms with van der Waals surface area (Å²) in [5.41, 5.74) is 7.68. The summed E-state index contributed by atoms with van der Waals surface area (Å²) in [4.78, 5) is 0. The Morgan fingerprint density at radius 1 is 1.10 bits per heavy atom. The van der Waals surface area contributed by atoms with Crippen LogP contribution in [0.5, 0.6) is 5.75 Å². The Bertz CT molecular complexity index is 426. The molecule has 0 heterocycles. The Labute approximate surface area is 124 Å². The van der Waals surface area contributed by atoms with E-state index in [0.29, 0.717) is 0 Å². The summed E-state index contributed by atoms with van der Waals surface area (Å²) in [6.45, 7) is 15.3. The second-order valence-electron chi connectivity index (χ2n) is 7.75. The molecule has 0 aliphatic heterocycles. The largest absolute Gasteiger partial charge is 0.488 e. The van der Waals surface area contributed by atoms with Gasteiger partial charge in [-0.25, -0.2) is 0 Å². The lowest BCUT2D eigenvalue weighted by Gasteiger charge is -2.35. The van der Waals surface area contributed by atoms with Crippen LogP contribution in [0.4, 0.5) is 0 Å². The molecule has 1 rings (SSSR count). The number of ether oxygens (including phenoxy) is 1. The van der Waals surface area contributed by atoms with Crippen LogP contribution in [0.2, 0.25) is 0 Å². The molecule has 2 heteroatoms. The monoisotopic (exact) mass is 277 g/mol. The van der Waals surface area contributed by atoms with Crippen LogP contribution in [-0.2, 0) is 5.41 Å². The fourth-order valence-corrected chi connectivity index (χ4v) is 2.30. The maximum absolute atomic E-state index is 6.25. The average molecular weight is 277 g/mol. The molecule has 2 N–H and O–H groups in total. The first-order chi connectivity index (χ1) is 9.05. The normalized spacial score (nSPS) is 15.8. The van der Waals surface area contributed by atoms with Crippen molar-refractivity contribution < 1.29 is 4.74 Å². The van der Waals surface area contributed by atoms with Crippen molar-refractivity contribution in [1.29, 1.82) is 0 Å². The standard InChI is InChI=1S/C18H31NO/c1-8-15(19)16(18(5,6)7)20-14-11-9-10-13(12-14)17(2,3)4/h9-12,15-16H,8,19H2,1-7H3. The molecular formula is C18H31NO. The van der Waals surface area contributed by atoms with Gasteiger partial charge in [0.1, 0.15) is 11.9 Å². The number of hydrogen-bond acceptors (Lipinski definition) is 2. The number of nitrogens with two attached hydrogens (primary N) is 1. The summed E-state index contributed by atoms with van der Waals surface area (Å²) >= 11 is 0. The molecule has 0 fully saturated rings. The molecule has 0 aliphatic rings. The zero-order chi connectivity index (χ0) is 15.6. The van der Waals surface area contributed by atoms with Gasteiger partial charge in [-0.05, 0) is 29.5 Å². The summed E-state index contributed by atoms with van der Waals surface area (Å²) in [7, 11) is 0. The molecule has 1 aromatic rings. The van der Waals surface area contributed by atoms with E-state index >= 15 is 0 Å². The van der Waals surface area contributed by atoms with E-state index in [0.717, 1.165) is 12.2 Å². The van der Waals surface area contributed by atoms with Gasteiger partial charge in [-0.3, -0.25) is 0 Å². The minimum atomic E-state index is 0.0164. The molecule has 0 amide bonds. The highest BCUT2D eigenvalue weighted by atomic mass is 16.5. The van der Waals surface area contributed by atoms with E-state index < -0.39 is 0 Å². The molecule has 0 saturated carbocycles. The fraction of sp³-hybridized carbons (Fsp3) is 0.667. The van der Waals surface area contributed by atoms with Crippen molar-refractivity contribution in [2.75, 3.05) is 0 Å². The maximum atomic E-state index is 6.25. The van der Waals surface area contributed by atoms with Crippen LogP contribution in [0.1, 0.15) is 60.5 Å². The van der Waals surface area contributed by atoms with E-state index in [-0.39, 0.29) is 23.0 Å². The Balaban J connectivity index is 3.01. The minimum absolute atomic E-state index is 0.0164. The molecule has 0 bridgehead atoms. The van der Waals surface area contributed by atoms with E-state index in [9.17, 15) is 0 Å². The van der Waals surface area contributed by atoms with Gasteiger partial charge < -0.3 is 10.5 Å². The third kappa shape index (κ3) is 4.52. The van der Waals surface area contributed by atoms with Crippen LogP contribution in [0.25, 0.3) is 0 Å². The molecule has 20 heavy (non-hydrogen) atoms. The van der Waals surface area contributed by atoms with Gasteiger partial charge in [-0.15, -0.1) is 0 Å². The van der Waals surface area contributed by atoms with Crippen LogP contribution in [0.3, 0.4) is 0 Å². The van der Waals surface area contributed by atoms with Crippen molar-refractivity contribution in [2.45, 2.75) is 72.4 Å². The van der Waals surface area contributed by atoms with Gasteiger partial charge >= 0.3 is 0 Å². The van der Waals surface area contributed by atoms with Crippen molar-refractivity contribution in [1.82, 2.24) is 0 Å². The highest BCUT2D eigenvalue weighted by Gasteiger charge is 2.31. The molecule has 114 valence electrons. The first-order valence-corrected chi connectivity index (χ1v) is 7.58. The lowest BCUT2D eigenvalue weighted by Crippen LogP contribution is -2.47. The average Bonchev–Trinajstić information content (AvgIpc) is 2.33. The summed E-state index contributed by atoms with van der Waals surface area (Å²) in [5, 5.41) is 0. The van der Waals surface area contributed by atoms with Crippen molar-refractivity contribution in [3.05, 3.63) is 29.8 Å². The van der Waals surface area contributed by atoms with Gasteiger partial charge in [0, 0.05) is 11.5 Å². The molecule has 2 atom stereocenters. The lowest BCUT2D eigenvalue weighted by molar-refractivity contribution is 0.0620. The number of rotatable bonds is 4. The van der Waals surface area contributed by atoms with Crippen molar-refractivity contribution in [3.63, 3.8) is 0 Å². The zero-order valence-electron chi connectivity index (χ0n) is 14.2. The molecule has 1 aromatic carbocycles. The molecule has 0 aliphatic carbocycles. The van der Waals surface area contributed by atoms with Crippen LogP contribution in [-0.4, -0.2) is 12.1 Å². The Morgan fingerprint density at radius 2 is 1.70 bits per heavy atom.